The Balaban J connectivity index is 1.33. The molecule has 2 atom stereocenters. The molecule has 5 rings (SSSR count). The quantitative estimate of drug-likeness (QED) is 0.286. The number of rotatable bonds is 11. The van der Waals surface area contributed by atoms with E-state index in [9.17, 15) is 35.2 Å². The number of alkyl halides is 2. The smallest absolute Gasteiger partial charge is 0.282 e. The summed E-state index contributed by atoms with van der Waals surface area (Å²) < 4.78 is 114. The van der Waals surface area contributed by atoms with Crippen LogP contribution in [0.25, 0.3) is 0 Å². The van der Waals surface area contributed by atoms with Crippen LogP contribution in [0.5, 0.6) is 0 Å². The third-order valence-corrected chi connectivity index (χ3v) is 10.5. The van der Waals surface area contributed by atoms with Crippen molar-refractivity contribution in [1.82, 2.24) is 18.9 Å². The van der Waals surface area contributed by atoms with Crippen LogP contribution in [0.3, 0.4) is 0 Å². The van der Waals surface area contributed by atoms with Crippen LogP contribution < -0.4 is 5.32 Å². The van der Waals surface area contributed by atoms with Gasteiger partial charge in [-0.3, -0.25) is 9.78 Å². The molecule has 1 aromatic heterocycles. The van der Waals surface area contributed by atoms with E-state index in [0.29, 0.717) is 18.2 Å². The molecule has 0 aliphatic carbocycles. The van der Waals surface area contributed by atoms with Gasteiger partial charge in [0.2, 0.25) is 0 Å². The topological polar surface area (TPSA) is 82.6 Å². The molecule has 0 saturated carbocycles. The highest BCUT2D eigenvalue weighted by Gasteiger charge is 2.44. The maximum absolute atomic E-state index is 15.1. The summed E-state index contributed by atoms with van der Waals surface area (Å²) >= 11 is 0. The summed E-state index contributed by atoms with van der Waals surface area (Å²) in [6, 6.07) is 7.45. The van der Waals surface area contributed by atoms with Gasteiger partial charge in [0.15, 0.2) is 0 Å². The van der Waals surface area contributed by atoms with Crippen molar-refractivity contribution in [2.24, 2.45) is 0 Å². The van der Waals surface area contributed by atoms with Gasteiger partial charge in [-0.15, -0.1) is 0 Å². The predicted octanol–water partition coefficient (Wildman–Crippen LogP) is 5.15. The van der Waals surface area contributed by atoms with Crippen molar-refractivity contribution in [2.75, 3.05) is 32.7 Å². The third kappa shape index (κ3) is 8.14. The Labute approximate surface area is 263 Å². The number of hydrogen-bond acceptors (Lipinski definition) is 5. The van der Waals surface area contributed by atoms with Gasteiger partial charge in [-0.25, -0.2) is 26.3 Å². The van der Waals surface area contributed by atoms with Crippen LogP contribution in [0.15, 0.2) is 54.9 Å². The number of nitrogens with zero attached hydrogens (tertiary/aromatic N) is 3. The first-order chi connectivity index (χ1) is 21.8. The summed E-state index contributed by atoms with van der Waals surface area (Å²) in [4.78, 5) is 17.3. The molecular weight excluding hydrogens is 634 g/mol. The molecule has 0 amide bonds. The Hall–Kier alpha value is -3.33. The minimum absolute atomic E-state index is 0.0129. The first-order valence-corrected chi connectivity index (χ1v) is 16.4. The average molecular weight is 669 g/mol. The first kappa shape index (κ1) is 34.0. The lowest BCUT2D eigenvalue weighted by Gasteiger charge is -2.40. The van der Waals surface area contributed by atoms with Crippen LogP contribution in [-0.2, 0) is 27.8 Å². The van der Waals surface area contributed by atoms with Crippen LogP contribution in [0.4, 0.5) is 26.3 Å². The Morgan fingerprint density at radius 3 is 2.39 bits per heavy atom. The number of benzene rings is 2. The minimum atomic E-state index is -4.21. The summed E-state index contributed by atoms with van der Waals surface area (Å²) in [6.07, 6.45) is 1.65. The molecule has 1 N–H and O–H groups in total. The molecule has 0 radical (unpaired) electrons. The van der Waals surface area contributed by atoms with Crippen molar-refractivity contribution in [3.05, 3.63) is 100 Å². The number of nitrogens with one attached hydrogen (secondary N) is 1. The van der Waals surface area contributed by atoms with Crippen molar-refractivity contribution in [3.8, 4) is 0 Å². The number of carbonyl (C=O) groups is 1. The second-order valence-corrected chi connectivity index (χ2v) is 13.7. The SMILES string of the molecule is O=C(Cc1cncc(F)c1CC[C@H]1CNCCN1S(=O)(=O)N1CCCC(F)(F)C1)C[C@@H](c1ccc(F)cc1)c1cc(F)cc(F)c1. The molecule has 2 aromatic carbocycles. The number of Topliss-reactive ketones (excluding diaryl/α,β-unsaturated/α-hetero) is 1. The average Bonchev–Trinajstić information content (AvgIpc) is 2.99. The molecule has 7 nitrogen and oxygen atoms in total. The van der Waals surface area contributed by atoms with Crippen molar-refractivity contribution >= 4 is 16.0 Å². The largest absolute Gasteiger partial charge is 0.314 e. The zero-order valence-electron chi connectivity index (χ0n) is 24.9. The molecule has 14 heteroatoms. The van der Waals surface area contributed by atoms with E-state index >= 15 is 4.39 Å². The van der Waals surface area contributed by atoms with Gasteiger partial charge in [-0.2, -0.15) is 17.0 Å². The summed E-state index contributed by atoms with van der Waals surface area (Å²) in [5, 5.41) is 3.11. The summed E-state index contributed by atoms with van der Waals surface area (Å²) in [5.74, 6) is -7.24. The maximum Gasteiger partial charge on any atom is 0.282 e. The second kappa shape index (κ2) is 14.2. The van der Waals surface area contributed by atoms with E-state index in [4.69, 9.17) is 0 Å². The van der Waals surface area contributed by atoms with Crippen LogP contribution in [0.1, 0.15) is 53.9 Å². The fourth-order valence-electron chi connectivity index (χ4n) is 6.22. The van der Waals surface area contributed by atoms with E-state index in [2.05, 4.69) is 10.3 Å². The molecule has 2 fully saturated rings. The standard InChI is InChI=1S/C32H34F6N4O3S/c33-24-4-2-21(3-5-24)30(22-12-25(34)15-26(35)13-22)16-28(43)14-23-17-40-19-31(36)29(23)7-6-27-18-39-9-11-42(27)46(44,45)41-10-1-8-32(37,38)20-41/h2-5,12-13,15,17,19,27,30,39H,1,6-11,14,16,18,20H2/t27-,30-/m0/s1. The van der Waals surface area contributed by atoms with Crippen molar-refractivity contribution < 1.29 is 39.6 Å². The molecule has 3 aromatic rings. The van der Waals surface area contributed by atoms with E-state index in [-0.39, 0.29) is 74.8 Å². The van der Waals surface area contributed by atoms with E-state index in [0.717, 1.165) is 22.6 Å². The number of carbonyl (C=O) groups excluding carboxylic acids is 1. The lowest BCUT2D eigenvalue weighted by molar-refractivity contribution is -0.118. The molecule has 0 spiro atoms. The second-order valence-electron chi connectivity index (χ2n) is 11.8. The number of ketones is 1. The molecule has 248 valence electrons. The van der Waals surface area contributed by atoms with Crippen LogP contribution >= 0.6 is 0 Å². The number of pyridine rings is 1. The number of halogens is 6. The number of piperazine rings is 1. The van der Waals surface area contributed by atoms with Crippen molar-refractivity contribution in [2.45, 2.75) is 56.4 Å². The van der Waals surface area contributed by atoms with Gasteiger partial charge in [-0.1, -0.05) is 12.1 Å². The number of piperidine rings is 1. The van der Waals surface area contributed by atoms with Gasteiger partial charge in [0.05, 0.1) is 12.7 Å². The van der Waals surface area contributed by atoms with Gasteiger partial charge >= 0.3 is 0 Å². The number of hydrogen-bond donors (Lipinski definition) is 1. The molecule has 2 aliphatic heterocycles. The zero-order valence-corrected chi connectivity index (χ0v) is 25.7. The highest BCUT2D eigenvalue weighted by Crippen LogP contribution is 2.32. The van der Waals surface area contributed by atoms with Crippen LogP contribution in [0.2, 0.25) is 0 Å². The maximum atomic E-state index is 15.1. The Morgan fingerprint density at radius 1 is 0.978 bits per heavy atom. The number of aromatic nitrogens is 1. The molecule has 2 aliphatic rings. The van der Waals surface area contributed by atoms with E-state index in [1.165, 1.54) is 34.8 Å². The first-order valence-electron chi connectivity index (χ1n) is 15.0. The molecule has 2 saturated heterocycles. The molecular formula is C32H34F6N4O3S. The highest BCUT2D eigenvalue weighted by molar-refractivity contribution is 7.86. The normalized spacial score (nSPS) is 20.0. The van der Waals surface area contributed by atoms with E-state index in [1.54, 1.807) is 0 Å². The lowest BCUT2D eigenvalue weighted by atomic mass is 9.85. The third-order valence-electron chi connectivity index (χ3n) is 8.48. The summed E-state index contributed by atoms with van der Waals surface area (Å²) in [7, 11) is -4.21. The Morgan fingerprint density at radius 2 is 1.70 bits per heavy atom. The van der Waals surface area contributed by atoms with Gasteiger partial charge in [0.25, 0.3) is 16.1 Å². The highest BCUT2D eigenvalue weighted by atomic mass is 32.2. The Bertz CT molecular complexity index is 1640. The van der Waals surface area contributed by atoms with Gasteiger partial charge in [-0.05, 0) is 65.8 Å². The molecule has 3 heterocycles. The van der Waals surface area contributed by atoms with Crippen molar-refractivity contribution in [1.29, 1.82) is 0 Å². The monoisotopic (exact) mass is 668 g/mol. The van der Waals surface area contributed by atoms with E-state index < -0.39 is 63.7 Å². The molecule has 0 unspecified atom stereocenters. The fourth-order valence-corrected chi connectivity index (χ4v) is 8.11. The van der Waals surface area contributed by atoms with E-state index in [1.807, 2.05) is 0 Å². The summed E-state index contributed by atoms with van der Waals surface area (Å²) in [6.45, 7) is -0.286. The van der Waals surface area contributed by atoms with Crippen LogP contribution in [-0.4, -0.2) is 72.5 Å². The van der Waals surface area contributed by atoms with Gasteiger partial charge in [0.1, 0.15) is 29.1 Å². The van der Waals surface area contributed by atoms with Crippen LogP contribution in [0, 0.1) is 23.3 Å². The zero-order chi connectivity index (χ0) is 33.1. The fraction of sp³-hybridized carbons (Fsp3) is 0.438. The predicted molar refractivity (Wildman–Crippen MR) is 158 cm³/mol. The lowest BCUT2D eigenvalue weighted by Crippen LogP contribution is -2.59. The van der Waals surface area contributed by atoms with Gasteiger partial charge in [0, 0.05) is 69.7 Å². The summed E-state index contributed by atoms with van der Waals surface area (Å²) in [5.41, 5.74) is 1.05. The minimum Gasteiger partial charge on any atom is -0.314 e. The molecule has 46 heavy (non-hydrogen) atoms. The molecule has 0 bridgehead atoms. The Kier molecular flexibility index (Phi) is 10.5. The van der Waals surface area contributed by atoms with Crippen molar-refractivity contribution in [3.63, 3.8) is 0 Å². The van der Waals surface area contributed by atoms with Gasteiger partial charge < -0.3 is 5.32 Å².